The van der Waals surface area contributed by atoms with E-state index in [2.05, 4.69) is 4.98 Å². The number of hydrogen-bond donors (Lipinski definition) is 1. The summed E-state index contributed by atoms with van der Waals surface area (Å²) in [5.41, 5.74) is 1.70. The van der Waals surface area contributed by atoms with E-state index in [1.54, 1.807) is 24.3 Å². The first-order chi connectivity index (χ1) is 9.95. The summed E-state index contributed by atoms with van der Waals surface area (Å²) in [6, 6.07) is 8.04. The minimum Gasteiger partial charge on any atom is -0.478 e. The Morgan fingerprint density at radius 2 is 1.90 bits per heavy atom. The highest BCUT2D eigenvalue weighted by Gasteiger charge is 2.16. The van der Waals surface area contributed by atoms with E-state index < -0.39 is 5.97 Å². The summed E-state index contributed by atoms with van der Waals surface area (Å²) in [7, 11) is 0. The standard InChI is InChI=1S/C14H6Cl3NO2S/c15-6-1-2-7-8(14(19)20)4-11(18-10(7)3-6)9-5-12(16)21-13(9)17/h1-5H,(H,19,20). The SMILES string of the molecule is O=C(O)c1cc(-c2cc(Cl)sc2Cl)nc2cc(Cl)ccc12. The molecule has 0 saturated carbocycles. The maximum absolute atomic E-state index is 11.5. The smallest absolute Gasteiger partial charge is 0.336 e. The van der Waals surface area contributed by atoms with Crippen molar-refractivity contribution in [3.8, 4) is 11.3 Å². The number of halogens is 3. The Balaban J connectivity index is 2.34. The zero-order valence-corrected chi connectivity index (χ0v) is 13.3. The van der Waals surface area contributed by atoms with Crippen LogP contribution in [0.3, 0.4) is 0 Å². The van der Waals surface area contributed by atoms with E-state index in [0.29, 0.717) is 35.9 Å². The molecule has 0 radical (unpaired) electrons. The lowest BCUT2D eigenvalue weighted by atomic mass is 10.1. The summed E-state index contributed by atoms with van der Waals surface area (Å²) in [5, 5.41) is 10.4. The van der Waals surface area contributed by atoms with Crippen molar-refractivity contribution in [1.82, 2.24) is 4.98 Å². The van der Waals surface area contributed by atoms with Crippen LogP contribution in [0.15, 0.2) is 30.3 Å². The Kier molecular flexibility index (Phi) is 3.80. The number of carboxylic acids is 1. The molecule has 3 rings (SSSR count). The number of fused-ring (bicyclic) bond motifs is 1. The summed E-state index contributed by atoms with van der Waals surface area (Å²) in [4.78, 5) is 15.9. The van der Waals surface area contributed by atoms with Gasteiger partial charge in [-0.15, -0.1) is 11.3 Å². The van der Waals surface area contributed by atoms with Crippen molar-refractivity contribution in [3.63, 3.8) is 0 Å². The van der Waals surface area contributed by atoms with Crippen molar-refractivity contribution in [3.05, 3.63) is 49.6 Å². The number of hydrogen-bond acceptors (Lipinski definition) is 3. The van der Waals surface area contributed by atoms with Crippen LogP contribution in [0.25, 0.3) is 22.2 Å². The Morgan fingerprint density at radius 3 is 2.52 bits per heavy atom. The van der Waals surface area contributed by atoms with Gasteiger partial charge in [0.25, 0.3) is 0 Å². The van der Waals surface area contributed by atoms with E-state index in [-0.39, 0.29) is 5.56 Å². The Morgan fingerprint density at radius 1 is 1.14 bits per heavy atom. The molecule has 0 aliphatic heterocycles. The van der Waals surface area contributed by atoms with Gasteiger partial charge in [-0.1, -0.05) is 40.9 Å². The third-order valence-electron chi connectivity index (χ3n) is 2.93. The van der Waals surface area contributed by atoms with Gasteiger partial charge in [0.15, 0.2) is 0 Å². The van der Waals surface area contributed by atoms with Gasteiger partial charge in [0.2, 0.25) is 0 Å². The molecule has 7 heteroatoms. The number of carboxylic acid groups (broad SMARTS) is 1. The number of pyridine rings is 1. The maximum atomic E-state index is 11.5. The highest BCUT2D eigenvalue weighted by molar-refractivity contribution is 7.20. The van der Waals surface area contributed by atoms with Gasteiger partial charge in [0.05, 0.1) is 21.1 Å². The molecule has 3 aromatic rings. The fraction of sp³-hybridized carbons (Fsp3) is 0. The van der Waals surface area contributed by atoms with Gasteiger partial charge in [0.1, 0.15) is 4.34 Å². The molecule has 1 N–H and O–H groups in total. The normalized spacial score (nSPS) is 11.0. The number of aromatic nitrogens is 1. The highest BCUT2D eigenvalue weighted by Crippen LogP contribution is 2.38. The maximum Gasteiger partial charge on any atom is 0.336 e. The largest absolute Gasteiger partial charge is 0.478 e. The van der Waals surface area contributed by atoms with Crippen LogP contribution in [0.5, 0.6) is 0 Å². The van der Waals surface area contributed by atoms with Crippen LogP contribution >= 0.6 is 46.1 Å². The molecule has 0 unspecified atom stereocenters. The molecule has 0 saturated heterocycles. The molecule has 3 nitrogen and oxygen atoms in total. The second-order valence-corrected chi connectivity index (χ2v) is 6.98. The molecule has 0 atom stereocenters. The average Bonchev–Trinajstić information content (AvgIpc) is 2.75. The Labute approximate surface area is 138 Å². The van der Waals surface area contributed by atoms with Crippen molar-refractivity contribution in [2.24, 2.45) is 0 Å². The Hall–Kier alpha value is -1.33. The van der Waals surface area contributed by atoms with E-state index >= 15 is 0 Å². The van der Waals surface area contributed by atoms with E-state index in [4.69, 9.17) is 34.8 Å². The summed E-state index contributed by atoms with van der Waals surface area (Å²) in [6.07, 6.45) is 0. The van der Waals surface area contributed by atoms with Crippen molar-refractivity contribution in [2.75, 3.05) is 0 Å². The lowest BCUT2D eigenvalue weighted by Crippen LogP contribution is -2.00. The van der Waals surface area contributed by atoms with Crippen LogP contribution in [0.4, 0.5) is 0 Å². The minimum absolute atomic E-state index is 0.144. The number of nitrogens with zero attached hydrogens (tertiary/aromatic N) is 1. The fourth-order valence-electron chi connectivity index (χ4n) is 2.03. The molecule has 0 amide bonds. The molecule has 2 heterocycles. The van der Waals surface area contributed by atoms with Crippen LogP contribution in [-0.4, -0.2) is 16.1 Å². The summed E-state index contributed by atoms with van der Waals surface area (Å²) < 4.78 is 0.977. The van der Waals surface area contributed by atoms with Crippen LogP contribution in [0.1, 0.15) is 10.4 Å². The number of benzene rings is 1. The molecule has 0 fully saturated rings. The highest BCUT2D eigenvalue weighted by atomic mass is 35.5. The summed E-state index contributed by atoms with van der Waals surface area (Å²) >= 11 is 19.2. The molecule has 0 bridgehead atoms. The van der Waals surface area contributed by atoms with Gasteiger partial charge in [-0.2, -0.15) is 0 Å². The molecule has 106 valence electrons. The van der Waals surface area contributed by atoms with Gasteiger partial charge in [-0.05, 0) is 24.3 Å². The van der Waals surface area contributed by atoms with Crippen LogP contribution in [0, 0.1) is 0 Å². The monoisotopic (exact) mass is 357 g/mol. The third-order valence-corrected chi connectivity index (χ3v) is 4.66. The quantitative estimate of drug-likeness (QED) is 0.646. The van der Waals surface area contributed by atoms with Gasteiger partial charge in [0, 0.05) is 16.0 Å². The zero-order chi connectivity index (χ0) is 15.1. The molecule has 21 heavy (non-hydrogen) atoms. The van der Waals surface area contributed by atoms with Crippen molar-refractivity contribution < 1.29 is 9.90 Å². The lowest BCUT2D eigenvalue weighted by Gasteiger charge is -2.06. The molecular weight excluding hydrogens is 353 g/mol. The average molecular weight is 359 g/mol. The van der Waals surface area contributed by atoms with E-state index in [0.717, 1.165) is 0 Å². The van der Waals surface area contributed by atoms with Gasteiger partial charge >= 0.3 is 5.97 Å². The van der Waals surface area contributed by atoms with Crippen molar-refractivity contribution in [2.45, 2.75) is 0 Å². The molecule has 0 aliphatic carbocycles. The lowest BCUT2D eigenvalue weighted by molar-refractivity contribution is 0.0699. The second kappa shape index (κ2) is 5.46. The van der Waals surface area contributed by atoms with Gasteiger partial charge < -0.3 is 5.11 Å². The third kappa shape index (κ3) is 2.72. The van der Waals surface area contributed by atoms with Gasteiger partial charge in [-0.25, -0.2) is 9.78 Å². The molecule has 1 aromatic carbocycles. The topological polar surface area (TPSA) is 50.2 Å². The number of rotatable bonds is 2. The predicted molar refractivity (Wildman–Crippen MR) is 87.0 cm³/mol. The molecule has 2 aromatic heterocycles. The first-order valence-corrected chi connectivity index (χ1v) is 7.69. The van der Waals surface area contributed by atoms with E-state index in [1.807, 2.05) is 0 Å². The summed E-state index contributed by atoms with van der Waals surface area (Å²) in [6.45, 7) is 0. The number of aromatic carboxylic acids is 1. The van der Waals surface area contributed by atoms with Crippen molar-refractivity contribution in [1.29, 1.82) is 0 Å². The predicted octanol–water partition coefficient (Wildman–Crippen LogP) is 5.62. The number of thiophene rings is 1. The second-order valence-electron chi connectivity index (χ2n) is 4.26. The number of carbonyl (C=O) groups is 1. The fourth-order valence-corrected chi connectivity index (χ4v) is 3.68. The van der Waals surface area contributed by atoms with E-state index in [9.17, 15) is 9.90 Å². The van der Waals surface area contributed by atoms with Crippen LogP contribution < -0.4 is 0 Å². The molecular formula is C14H6Cl3NO2S. The van der Waals surface area contributed by atoms with E-state index in [1.165, 1.54) is 17.4 Å². The van der Waals surface area contributed by atoms with Crippen LogP contribution in [0.2, 0.25) is 13.7 Å². The zero-order valence-electron chi connectivity index (χ0n) is 10.2. The summed E-state index contributed by atoms with van der Waals surface area (Å²) in [5.74, 6) is -1.04. The Bertz CT molecular complexity index is 876. The van der Waals surface area contributed by atoms with Crippen LogP contribution in [-0.2, 0) is 0 Å². The molecule has 0 spiro atoms. The molecule has 0 aliphatic rings. The van der Waals surface area contributed by atoms with Gasteiger partial charge in [-0.3, -0.25) is 0 Å². The van der Waals surface area contributed by atoms with Crippen molar-refractivity contribution >= 4 is 63.0 Å². The minimum atomic E-state index is -1.04. The first kappa shape index (κ1) is 14.6. The first-order valence-electron chi connectivity index (χ1n) is 5.74.